The zero-order valence-corrected chi connectivity index (χ0v) is 11.5. The first kappa shape index (κ1) is 14.6. The fraction of sp³-hybridized carbons (Fsp3) is 0.250. The molecule has 0 fully saturated rings. The molecule has 0 spiro atoms. The smallest absolute Gasteiger partial charge is 0.417 e. The third-order valence-corrected chi connectivity index (χ3v) is 3.34. The Hall–Kier alpha value is -2.37. The predicted molar refractivity (Wildman–Crippen MR) is 75.7 cm³/mol. The van der Waals surface area contributed by atoms with Crippen molar-refractivity contribution in [2.45, 2.75) is 18.6 Å². The molecule has 2 aromatic rings. The lowest BCUT2D eigenvalue weighted by atomic mass is 10.1. The highest BCUT2D eigenvalue weighted by molar-refractivity contribution is 5.93. The molecule has 0 bridgehead atoms. The molecule has 22 heavy (non-hydrogen) atoms. The lowest BCUT2D eigenvalue weighted by Gasteiger charge is -2.06. The summed E-state index contributed by atoms with van der Waals surface area (Å²) in [6, 6.07) is 12.1. The quantitative estimate of drug-likeness (QED) is 0.870. The summed E-state index contributed by atoms with van der Waals surface area (Å²) >= 11 is 0. The van der Waals surface area contributed by atoms with E-state index in [9.17, 15) is 13.2 Å². The summed E-state index contributed by atoms with van der Waals surface area (Å²) in [4.78, 5) is 8.19. The van der Waals surface area contributed by atoms with Crippen molar-refractivity contribution in [3.05, 3.63) is 65.5 Å². The normalized spacial score (nSPS) is 18.0. The zero-order valence-electron chi connectivity index (χ0n) is 11.5. The minimum atomic E-state index is -4.39. The van der Waals surface area contributed by atoms with E-state index in [1.54, 1.807) is 0 Å². The number of nitrogens with zero attached hydrogens (tertiary/aromatic N) is 2. The Morgan fingerprint density at radius 3 is 2.50 bits per heavy atom. The van der Waals surface area contributed by atoms with Gasteiger partial charge < -0.3 is 4.74 Å². The molecular weight excluding hydrogens is 293 g/mol. The zero-order chi connectivity index (χ0) is 15.6. The molecule has 1 atom stereocenters. The summed E-state index contributed by atoms with van der Waals surface area (Å²) in [5.41, 5.74) is 0.681. The first-order chi connectivity index (χ1) is 10.5. The summed E-state index contributed by atoms with van der Waals surface area (Å²) in [5.74, 6) is 0.301. The second-order valence-electron chi connectivity index (χ2n) is 5.02. The van der Waals surface area contributed by atoms with E-state index in [4.69, 9.17) is 4.74 Å². The maximum Gasteiger partial charge on any atom is 0.417 e. The summed E-state index contributed by atoms with van der Waals surface area (Å²) in [6.07, 6.45) is -2.86. The van der Waals surface area contributed by atoms with E-state index in [-0.39, 0.29) is 6.04 Å². The maximum absolute atomic E-state index is 12.5. The monoisotopic (exact) mass is 306 g/mol. The average Bonchev–Trinajstić information content (AvgIpc) is 2.96. The second-order valence-corrected chi connectivity index (χ2v) is 5.02. The highest BCUT2D eigenvalue weighted by Crippen LogP contribution is 2.28. The van der Waals surface area contributed by atoms with Crippen LogP contribution in [-0.4, -0.2) is 23.5 Å². The molecule has 1 aliphatic heterocycles. The Morgan fingerprint density at radius 2 is 1.86 bits per heavy atom. The fourth-order valence-corrected chi connectivity index (χ4v) is 2.23. The van der Waals surface area contributed by atoms with Crippen LogP contribution in [0.3, 0.4) is 0 Å². The molecule has 1 aliphatic rings. The van der Waals surface area contributed by atoms with Crippen LogP contribution in [0.2, 0.25) is 0 Å². The first-order valence-corrected chi connectivity index (χ1v) is 6.80. The van der Waals surface area contributed by atoms with Crippen LogP contribution in [0.5, 0.6) is 0 Å². The number of hydrogen-bond acceptors (Lipinski definition) is 3. The number of alkyl halides is 3. The molecule has 0 radical (unpaired) electrons. The summed E-state index contributed by atoms with van der Waals surface area (Å²) in [7, 11) is 0. The third kappa shape index (κ3) is 3.27. The van der Waals surface area contributed by atoms with Crippen molar-refractivity contribution in [3.8, 4) is 0 Å². The minimum Gasteiger partial charge on any atom is -0.474 e. The fourth-order valence-electron chi connectivity index (χ4n) is 2.23. The standard InChI is InChI=1S/C16H13F3N2O/c17-16(18,19)12-6-7-14(20-9-12)15-21-13(10-22-15)8-11-4-2-1-3-5-11/h1-7,9,13H,8,10H2/t13-/m0/s1. The van der Waals surface area contributed by atoms with Crippen LogP contribution in [0.4, 0.5) is 13.2 Å². The van der Waals surface area contributed by atoms with E-state index in [0.717, 1.165) is 24.2 Å². The molecule has 0 unspecified atom stereocenters. The van der Waals surface area contributed by atoms with Crippen molar-refractivity contribution in [2.24, 2.45) is 4.99 Å². The van der Waals surface area contributed by atoms with Gasteiger partial charge in [0.05, 0.1) is 11.6 Å². The molecule has 0 amide bonds. The summed E-state index contributed by atoms with van der Waals surface area (Å²) in [6.45, 7) is 0.410. The number of rotatable bonds is 3. The molecule has 114 valence electrons. The van der Waals surface area contributed by atoms with E-state index in [0.29, 0.717) is 18.2 Å². The van der Waals surface area contributed by atoms with Crippen molar-refractivity contribution < 1.29 is 17.9 Å². The topological polar surface area (TPSA) is 34.5 Å². The van der Waals surface area contributed by atoms with Gasteiger partial charge >= 0.3 is 6.18 Å². The van der Waals surface area contributed by atoms with Crippen LogP contribution in [0.25, 0.3) is 0 Å². The maximum atomic E-state index is 12.5. The number of hydrogen-bond donors (Lipinski definition) is 0. The Bertz CT molecular complexity index is 666. The van der Waals surface area contributed by atoms with Gasteiger partial charge in [-0.1, -0.05) is 30.3 Å². The van der Waals surface area contributed by atoms with Gasteiger partial charge in [-0.3, -0.25) is 4.98 Å². The highest BCUT2D eigenvalue weighted by Gasteiger charge is 2.31. The van der Waals surface area contributed by atoms with Gasteiger partial charge in [-0.2, -0.15) is 13.2 Å². The lowest BCUT2D eigenvalue weighted by molar-refractivity contribution is -0.137. The van der Waals surface area contributed by atoms with Crippen molar-refractivity contribution in [2.75, 3.05) is 6.61 Å². The first-order valence-electron chi connectivity index (χ1n) is 6.80. The number of ether oxygens (including phenoxy) is 1. The number of pyridine rings is 1. The minimum absolute atomic E-state index is 0.0403. The Balaban J connectivity index is 1.72. The number of halogens is 3. The molecule has 0 saturated heterocycles. The second kappa shape index (κ2) is 5.79. The van der Waals surface area contributed by atoms with Crippen molar-refractivity contribution >= 4 is 5.90 Å². The largest absolute Gasteiger partial charge is 0.474 e. The van der Waals surface area contributed by atoms with Gasteiger partial charge in [-0.15, -0.1) is 0 Å². The average molecular weight is 306 g/mol. The van der Waals surface area contributed by atoms with Crippen LogP contribution in [0, 0.1) is 0 Å². The van der Waals surface area contributed by atoms with Crippen LogP contribution < -0.4 is 0 Å². The van der Waals surface area contributed by atoms with Crippen molar-refractivity contribution in [1.29, 1.82) is 0 Å². The van der Waals surface area contributed by atoms with Crippen LogP contribution in [-0.2, 0) is 17.3 Å². The van der Waals surface area contributed by atoms with Crippen molar-refractivity contribution in [3.63, 3.8) is 0 Å². The Labute approximate surface area is 125 Å². The summed E-state index contributed by atoms with van der Waals surface area (Å²) < 4.78 is 43.0. The van der Waals surface area contributed by atoms with Gasteiger partial charge in [-0.25, -0.2) is 4.99 Å². The van der Waals surface area contributed by atoms with Crippen molar-refractivity contribution in [1.82, 2.24) is 4.98 Å². The van der Waals surface area contributed by atoms with E-state index in [1.807, 2.05) is 30.3 Å². The SMILES string of the molecule is FC(F)(F)c1ccc(C2=N[C@@H](Cc3ccccc3)CO2)nc1. The van der Waals surface area contributed by atoms with Gasteiger partial charge in [0.2, 0.25) is 5.90 Å². The third-order valence-electron chi connectivity index (χ3n) is 3.34. The molecule has 3 rings (SSSR count). The van der Waals surface area contributed by atoms with E-state index < -0.39 is 11.7 Å². The van der Waals surface area contributed by atoms with Gasteiger partial charge in [-0.05, 0) is 24.1 Å². The molecular formula is C16H13F3N2O. The molecule has 6 heteroatoms. The molecule has 0 N–H and O–H groups in total. The summed E-state index contributed by atoms with van der Waals surface area (Å²) in [5, 5.41) is 0. The van der Waals surface area contributed by atoms with Gasteiger partial charge in [0.1, 0.15) is 12.3 Å². The lowest BCUT2D eigenvalue weighted by Crippen LogP contribution is -2.10. The van der Waals surface area contributed by atoms with Crippen LogP contribution in [0.15, 0.2) is 53.7 Å². The Kier molecular flexibility index (Phi) is 3.83. The molecule has 0 aliphatic carbocycles. The van der Waals surface area contributed by atoms with E-state index in [2.05, 4.69) is 9.98 Å². The number of aliphatic imine (C=N–C) groups is 1. The predicted octanol–water partition coefficient (Wildman–Crippen LogP) is 3.49. The number of benzene rings is 1. The highest BCUT2D eigenvalue weighted by atomic mass is 19.4. The van der Waals surface area contributed by atoms with Gasteiger partial charge in [0.15, 0.2) is 0 Å². The molecule has 3 nitrogen and oxygen atoms in total. The van der Waals surface area contributed by atoms with E-state index in [1.165, 1.54) is 6.07 Å². The molecule has 0 saturated carbocycles. The van der Waals surface area contributed by atoms with Crippen LogP contribution >= 0.6 is 0 Å². The van der Waals surface area contributed by atoms with Gasteiger partial charge in [0.25, 0.3) is 0 Å². The van der Waals surface area contributed by atoms with Crippen LogP contribution in [0.1, 0.15) is 16.8 Å². The molecule has 1 aromatic heterocycles. The molecule has 2 heterocycles. The van der Waals surface area contributed by atoms with Gasteiger partial charge in [0, 0.05) is 6.20 Å². The number of aromatic nitrogens is 1. The molecule has 1 aromatic carbocycles. The Morgan fingerprint density at radius 1 is 1.09 bits per heavy atom. The van der Waals surface area contributed by atoms with E-state index >= 15 is 0 Å².